The van der Waals surface area contributed by atoms with Crippen molar-refractivity contribution in [2.45, 2.75) is 39.2 Å². The van der Waals surface area contributed by atoms with Gasteiger partial charge in [-0.15, -0.1) is 0 Å². The lowest BCUT2D eigenvalue weighted by Crippen LogP contribution is -2.23. The van der Waals surface area contributed by atoms with Crippen LogP contribution in [0.1, 0.15) is 38.4 Å². The average molecular weight is 319 g/mol. The van der Waals surface area contributed by atoms with Crippen LogP contribution < -0.4 is 5.32 Å². The van der Waals surface area contributed by atoms with E-state index in [2.05, 4.69) is 34.8 Å². The standard InChI is InChI=1S/C12H18INO/c1-2-5-12(6-7-12)9-14-8-10-3-4-11(13)15-10/h3-4,14H,2,5-9H2,1H3. The third-order valence-corrected chi connectivity index (χ3v) is 3.75. The molecule has 1 aliphatic carbocycles. The lowest BCUT2D eigenvalue weighted by Gasteiger charge is -2.13. The molecule has 15 heavy (non-hydrogen) atoms. The van der Waals surface area contributed by atoms with Gasteiger partial charge in [-0.1, -0.05) is 13.3 Å². The molecule has 3 heteroatoms. The van der Waals surface area contributed by atoms with E-state index in [9.17, 15) is 0 Å². The van der Waals surface area contributed by atoms with Gasteiger partial charge in [0.2, 0.25) is 0 Å². The van der Waals surface area contributed by atoms with Crippen molar-refractivity contribution in [1.29, 1.82) is 0 Å². The molecule has 2 rings (SSSR count). The fourth-order valence-electron chi connectivity index (χ4n) is 2.12. The van der Waals surface area contributed by atoms with Gasteiger partial charge in [0.1, 0.15) is 5.76 Å². The van der Waals surface area contributed by atoms with Crippen LogP contribution in [-0.4, -0.2) is 6.54 Å². The van der Waals surface area contributed by atoms with Crippen molar-refractivity contribution in [2.75, 3.05) is 6.54 Å². The number of hydrogen-bond donors (Lipinski definition) is 1. The van der Waals surface area contributed by atoms with E-state index in [1.807, 2.05) is 12.1 Å². The SMILES string of the molecule is CCCC1(CNCc2ccc(I)o2)CC1. The van der Waals surface area contributed by atoms with Crippen molar-refractivity contribution in [2.24, 2.45) is 5.41 Å². The van der Waals surface area contributed by atoms with Gasteiger partial charge in [-0.25, -0.2) is 0 Å². The molecule has 0 atom stereocenters. The highest BCUT2D eigenvalue weighted by atomic mass is 127. The first kappa shape index (κ1) is 11.5. The third-order valence-electron chi connectivity index (χ3n) is 3.17. The summed E-state index contributed by atoms with van der Waals surface area (Å²) in [4.78, 5) is 0. The van der Waals surface area contributed by atoms with Crippen LogP contribution in [0.4, 0.5) is 0 Å². The van der Waals surface area contributed by atoms with Crippen LogP contribution in [0, 0.1) is 9.18 Å². The van der Waals surface area contributed by atoms with Gasteiger partial charge in [-0.2, -0.15) is 0 Å². The smallest absolute Gasteiger partial charge is 0.164 e. The summed E-state index contributed by atoms with van der Waals surface area (Å²) in [6.45, 7) is 4.29. The Morgan fingerprint density at radius 2 is 2.27 bits per heavy atom. The summed E-state index contributed by atoms with van der Waals surface area (Å²) in [5.74, 6) is 1.05. The Hall–Kier alpha value is -0.0300. The molecular weight excluding hydrogens is 301 g/mol. The number of rotatable bonds is 6. The topological polar surface area (TPSA) is 25.2 Å². The maximum Gasteiger partial charge on any atom is 0.164 e. The predicted molar refractivity (Wildman–Crippen MR) is 69.7 cm³/mol. The molecule has 0 aromatic carbocycles. The van der Waals surface area contributed by atoms with Crippen molar-refractivity contribution < 1.29 is 4.42 Å². The molecule has 0 unspecified atom stereocenters. The van der Waals surface area contributed by atoms with E-state index >= 15 is 0 Å². The molecule has 1 heterocycles. The van der Waals surface area contributed by atoms with Crippen molar-refractivity contribution >= 4 is 22.6 Å². The molecule has 0 bridgehead atoms. The Morgan fingerprint density at radius 1 is 1.47 bits per heavy atom. The molecule has 1 aliphatic rings. The highest BCUT2D eigenvalue weighted by Gasteiger charge is 2.40. The number of furan rings is 1. The maximum atomic E-state index is 5.50. The number of nitrogens with one attached hydrogen (secondary N) is 1. The van der Waals surface area contributed by atoms with Gasteiger partial charge in [0.05, 0.1) is 6.54 Å². The average Bonchev–Trinajstić information content (AvgIpc) is 2.83. The van der Waals surface area contributed by atoms with Gasteiger partial charge in [0.25, 0.3) is 0 Å². The fourth-order valence-corrected chi connectivity index (χ4v) is 2.58. The molecule has 1 aromatic rings. The zero-order valence-corrected chi connectivity index (χ0v) is 11.3. The Balaban J connectivity index is 1.71. The first-order chi connectivity index (χ1) is 7.24. The summed E-state index contributed by atoms with van der Waals surface area (Å²) in [6, 6.07) is 4.06. The van der Waals surface area contributed by atoms with Gasteiger partial charge in [0, 0.05) is 6.54 Å². The minimum atomic E-state index is 0.633. The molecule has 1 saturated carbocycles. The van der Waals surface area contributed by atoms with E-state index < -0.39 is 0 Å². The molecule has 1 N–H and O–H groups in total. The molecule has 0 amide bonds. The van der Waals surface area contributed by atoms with Gasteiger partial charge >= 0.3 is 0 Å². The van der Waals surface area contributed by atoms with E-state index in [1.165, 1.54) is 25.7 Å². The van der Waals surface area contributed by atoms with Gasteiger partial charge in [-0.3, -0.25) is 0 Å². The molecule has 0 radical (unpaired) electrons. The highest BCUT2D eigenvalue weighted by Crippen LogP contribution is 2.48. The van der Waals surface area contributed by atoms with Crippen molar-refractivity contribution in [3.05, 3.63) is 21.7 Å². The number of hydrogen-bond acceptors (Lipinski definition) is 2. The number of halogens is 1. The fraction of sp³-hybridized carbons (Fsp3) is 0.667. The van der Waals surface area contributed by atoms with Crippen LogP contribution in [0.15, 0.2) is 16.5 Å². The molecule has 2 nitrogen and oxygen atoms in total. The van der Waals surface area contributed by atoms with E-state index in [0.717, 1.165) is 22.6 Å². The normalized spacial score (nSPS) is 18.0. The molecular formula is C12H18INO. The van der Waals surface area contributed by atoms with Gasteiger partial charge in [-0.05, 0) is 59.4 Å². The van der Waals surface area contributed by atoms with Crippen molar-refractivity contribution in [1.82, 2.24) is 5.32 Å². The summed E-state index contributed by atoms with van der Waals surface area (Å²) in [6.07, 6.45) is 5.49. The first-order valence-electron chi connectivity index (χ1n) is 5.69. The lowest BCUT2D eigenvalue weighted by atomic mass is 10.0. The minimum Gasteiger partial charge on any atom is -0.454 e. The Kier molecular flexibility index (Phi) is 3.72. The molecule has 0 saturated heterocycles. The summed E-state index contributed by atoms with van der Waals surface area (Å²) >= 11 is 2.20. The quantitative estimate of drug-likeness (QED) is 0.811. The van der Waals surface area contributed by atoms with Crippen LogP contribution in [0.25, 0.3) is 0 Å². The summed E-state index contributed by atoms with van der Waals surface area (Å²) in [5, 5.41) is 3.51. The molecule has 0 aliphatic heterocycles. The van der Waals surface area contributed by atoms with E-state index in [-0.39, 0.29) is 0 Å². The summed E-state index contributed by atoms with van der Waals surface area (Å²) in [7, 11) is 0. The Morgan fingerprint density at radius 3 is 2.80 bits per heavy atom. The molecule has 1 fully saturated rings. The zero-order chi connectivity index (χ0) is 10.7. The van der Waals surface area contributed by atoms with Crippen molar-refractivity contribution in [3.8, 4) is 0 Å². The lowest BCUT2D eigenvalue weighted by molar-refractivity contribution is 0.397. The molecule has 0 spiro atoms. The second-order valence-electron chi connectivity index (χ2n) is 4.56. The second kappa shape index (κ2) is 4.87. The van der Waals surface area contributed by atoms with Gasteiger partial charge in [0.15, 0.2) is 3.77 Å². The van der Waals surface area contributed by atoms with E-state index in [4.69, 9.17) is 4.42 Å². The van der Waals surface area contributed by atoms with E-state index in [0.29, 0.717) is 5.41 Å². The summed E-state index contributed by atoms with van der Waals surface area (Å²) in [5.41, 5.74) is 0.633. The highest BCUT2D eigenvalue weighted by molar-refractivity contribution is 14.1. The van der Waals surface area contributed by atoms with Crippen LogP contribution >= 0.6 is 22.6 Å². The van der Waals surface area contributed by atoms with Crippen LogP contribution in [0.2, 0.25) is 0 Å². The van der Waals surface area contributed by atoms with Crippen molar-refractivity contribution in [3.63, 3.8) is 0 Å². The summed E-state index contributed by atoms with van der Waals surface area (Å²) < 4.78 is 6.47. The largest absolute Gasteiger partial charge is 0.454 e. The zero-order valence-electron chi connectivity index (χ0n) is 9.18. The third kappa shape index (κ3) is 3.21. The minimum absolute atomic E-state index is 0.633. The Labute approximate surface area is 105 Å². The monoisotopic (exact) mass is 319 g/mol. The molecule has 1 aromatic heterocycles. The maximum absolute atomic E-state index is 5.50. The van der Waals surface area contributed by atoms with Crippen LogP contribution in [0.3, 0.4) is 0 Å². The second-order valence-corrected chi connectivity index (χ2v) is 5.62. The van der Waals surface area contributed by atoms with Gasteiger partial charge < -0.3 is 9.73 Å². The van der Waals surface area contributed by atoms with Crippen LogP contribution in [-0.2, 0) is 6.54 Å². The molecule has 84 valence electrons. The Bertz CT molecular complexity index is 317. The van der Waals surface area contributed by atoms with Crippen LogP contribution in [0.5, 0.6) is 0 Å². The van der Waals surface area contributed by atoms with E-state index in [1.54, 1.807) is 0 Å². The predicted octanol–water partition coefficient (Wildman–Crippen LogP) is 3.55. The first-order valence-corrected chi connectivity index (χ1v) is 6.77.